The number of methoxy groups -OCH3 is 1. The van der Waals surface area contributed by atoms with Crippen LogP contribution in [0.5, 0.6) is 17.2 Å². The Morgan fingerprint density at radius 2 is 1.74 bits per heavy atom. The summed E-state index contributed by atoms with van der Waals surface area (Å²) in [6.45, 7) is 6.68. The second kappa shape index (κ2) is 11.6. The van der Waals surface area contributed by atoms with E-state index in [9.17, 15) is 14.7 Å². The number of anilines is 1. The van der Waals surface area contributed by atoms with Crippen LogP contribution in [0.3, 0.4) is 0 Å². The molecule has 1 unspecified atom stereocenters. The molecule has 0 radical (unpaired) electrons. The van der Waals surface area contributed by atoms with Gasteiger partial charge in [0.1, 0.15) is 11.5 Å². The van der Waals surface area contributed by atoms with Gasteiger partial charge in [-0.3, -0.25) is 14.5 Å². The maximum atomic E-state index is 13.5. The van der Waals surface area contributed by atoms with Gasteiger partial charge in [-0.15, -0.1) is 0 Å². The molecular formula is C30H30ClNO6. The SMILES string of the molecule is CCCOc1ccc(/C(O)=C2/C(=O)C(=O)N(c3cccc(Cl)c3)C2c2ccc(OC)c(OCC)c2)cc1C. The standard InChI is InChI=1S/C30H30ClNO6/c1-5-14-38-23-12-11-20(15-18(23)3)28(33)26-27(19-10-13-24(36-4)25(16-19)37-6-2)32(30(35)29(26)34)22-9-7-8-21(31)17-22/h7-13,15-17,27,33H,5-6,14H2,1-4H3/b28-26-. The molecule has 1 fully saturated rings. The van der Waals surface area contributed by atoms with Crippen LogP contribution in [-0.4, -0.2) is 37.1 Å². The highest BCUT2D eigenvalue weighted by Gasteiger charge is 2.47. The first-order valence-corrected chi connectivity index (χ1v) is 12.8. The summed E-state index contributed by atoms with van der Waals surface area (Å²) in [5, 5.41) is 11.9. The number of ether oxygens (including phenoxy) is 3. The lowest BCUT2D eigenvalue weighted by atomic mass is 9.94. The van der Waals surface area contributed by atoms with E-state index in [0.717, 1.165) is 12.0 Å². The van der Waals surface area contributed by atoms with Crippen LogP contribution in [0, 0.1) is 6.92 Å². The third kappa shape index (κ3) is 5.20. The fourth-order valence-corrected chi connectivity index (χ4v) is 4.68. The Morgan fingerprint density at radius 1 is 0.974 bits per heavy atom. The zero-order chi connectivity index (χ0) is 27.4. The summed E-state index contributed by atoms with van der Waals surface area (Å²) in [4.78, 5) is 28.3. The number of hydrogen-bond acceptors (Lipinski definition) is 6. The predicted octanol–water partition coefficient (Wildman–Crippen LogP) is 6.47. The van der Waals surface area contributed by atoms with Gasteiger partial charge in [-0.05, 0) is 79.9 Å². The van der Waals surface area contributed by atoms with Gasteiger partial charge in [-0.25, -0.2) is 0 Å². The summed E-state index contributed by atoms with van der Waals surface area (Å²) < 4.78 is 16.9. The molecule has 1 heterocycles. The number of aliphatic hydroxyl groups is 1. The molecule has 0 saturated carbocycles. The molecule has 1 N–H and O–H groups in total. The van der Waals surface area contributed by atoms with E-state index in [1.54, 1.807) is 60.7 Å². The van der Waals surface area contributed by atoms with Crippen molar-refractivity contribution in [3.63, 3.8) is 0 Å². The lowest BCUT2D eigenvalue weighted by Gasteiger charge is -2.26. The van der Waals surface area contributed by atoms with Crippen LogP contribution < -0.4 is 19.1 Å². The highest BCUT2D eigenvalue weighted by Crippen LogP contribution is 2.44. The summed E-state index contributed by atoms with van der Waals surface area (Å²) in [6, 6.07) is 16.1. The normalized spacial score (nSPS) is 16.6. The first kappa shape index (κ1) is 27.1. The van der Waals surface area contributed by atoms with Crippen molar-refractivity contribution in [2.45, 2.75) is 33.2 Å². The van der Waals surface area contributed by atoms with Crippen molar-refractivity contribution in [3.8, 4) is 17.2 Å². The van der Waals surface area contributed by atoms with Gasteiger partial charge >= 0.3 is 0 Å². The van der Waals surface area contributed by atoms with E-state index < -0.39 is 17.7 Å². The number of Topliss-reactive ketones (excluding diaryl/α,β-unsaturated/α-hetero) is 1. The molecule has 198 valence electrons. The van der Waals surface area contributed by atoms with Crippen LogP contribution >= 0.6 is 11.6 Å². The molecule has 8 heteroatoms. The van der Waals surface area contributed by atoms with Gasteiger partial charge in [-0.1, -0.05) is 30.7 Å². The maximum Gasteiger partial charge on any atom is 0.300 e. The number of carbonyl (C=O) groups excluding carboxylic acids is 2. The van der Waals surface area contributed by atoms with E-state index in [4.69, 9.17) is 25.8 Å². The topological polar surface area (TPSA) is 85.3 Å². The second-order valence-electron chi connectivity index (χ2n) is 8.82. The lowest BCUT2D eigenvalue weighted by Crippen LogP contribution is -2.29. The minimum atomic E-state index is -0.935. The van der Waals surface area contributed by atoms with E-state index in [0.29, 0.717) is 52.3 Å². The molecule has 4 rings (SSSR count). The highest BCUT2D eigenvalue weighted by atomic mass is 35.5. The third-order valence-electron chi connectivity index (χ3n) is 6.24. The third-order valence-corrected chi connectivity index (χ3v) is 6.48. The molecule has 1 aliphatic heterocycles. The minimum absolute atomic E-state index is 0.0378. The van der Waals surface area contributed by atoms with Gasteiger partial charge in [0.05, 0.1) is 31.9 Å². The van der Waals surface area contributed by atoms with Gasteiger partial charge in [0.25, 0.3) is 11.7 Å². The van der Waals surface area contributed by atoms with Crippen LogP contribution in [0.15, 0.2) is 66.2 Å². The quantitative estimate of drug-likeness (QED) is 0.192. The average molecular weight is 536 g/mol. The van der Waals surface area contributed by atoms with Crippen molar-refractivity contribution in [2.75, 3.05) is 25.2 Å². The Morgan fingerprint density at radius 3 is 2.39 bits per heavy atom. The number of halogens is 1. The first-order chi connectivity index (χ1) is 18.3. The molecule has 0 bridgehead atoms. The molecule has 1 saturated heterocycles. The molecule has 1 aliphatic rings. The van der Waals surface area contributed by atoms with E-state index in [1.165, 1.54) is 12.0 Å². The summed E-state index contributed by atoms with van der Waals surface area (Å²) in [6.07, 6.45) is 0.861. The van der Waals surface area contributed by atoms with Gasteiger partial charge in [-0.2, -0.15) is 0 Å². The van der Waals surface area contributed by atoms with Gasteiger partial charge in [0.15, 0.2) is 11.5 Å². The van der Waals surface area contributed by atoms with Crippen molar-refractivity contribution in [1.82, 2.24) is 0 Å². The lowest BCUT2D eigenvalue weighted by molar-refractivity contribution is -0.132. The summed E-state index contributed by atoms with van der Waals surface area (Å²) in [7, 11) is 1.53. The number of hydrogen-bond donors (Lipinski definition) is 1. The molecular weight excluding hydrogens is 506 g/mol. The minimum Gasteiger partial charge on any atom is -0.507 e. The zero-order valence-electron chi connectivity index (χ0n) is 21.8. The van der Waals surface area contributed by atoms with Crippen LogP contribution in [0.4, 0.5) is 5.69 Å². The number of carbonyl (C=O) groups is 2. The molecule has 1 atom stereocenters. The molecule has 0 spiro atoms. The monoisotopic (exact) mass is 535 g/mol. The van der Waals surface area contributed by atoms with E-state index in [2.05, 4.69) is 0 Å². The average Bonchev–Trinajstić information content (AvgIpc) is 3.17. The Hall–Kier alpha value is -3.97. The predicted molar refractivity (Wildman–Crippen MR) is 147 cm³/mol. The second-order valence-corrected chi connectivity index (χ2v) is 9.26. The van der Waals surface area contributed by atoms with Crippen molar-refractivity contribution in [1.29, 1.82) is 0 Å². The van der Waals surface area contributed by atoms with Crippen LogP contribution in [-0.2, 0) is 9.59 Å². The Bertz CT molecular complexity index is 1400. The molecule has 0 aromatic heterocycles. The van der Waals surface area contributed by atoms with E-state index in [-0.39, 0.29) is 11.3 Å². The van der Waals surface area contributed by atoms with E-state index in [1.807, 2.05) is 20.8 Å². The van der Waals surface area contributed by atoms with Crippen molar-refractivity contribution in [2.24, 2.45) is 0 Å². The number of nitrogens with zero attached hydrogens (tertiary/aromatic N) is 1. The molecule has 3 aromatic carbocycles. The van der Waals surface area contributed by atoms with Gasteiger partial charge < -0.3 is 19.3 Å². The Balaban J connectivity index is 1.92. The smallest absolute Gasteiger partial charge is 0.300 e. The Labute approximate surface area is 227 Å². The number of aliphatic hydroxyl groups excluding tert-OH is 1. The molecule has 38 heavy (non-hydrogen) atoms. The van der Waals surface area contributed by atoms with Crippen molar-refractivity contribution in [3.05, 3.63) is 87.9 Å². The van der Waals surface area contributed by atoms with Crippen LogP contribution in [0.25, 0.3) is 5.76 Å². The molecule has 7 nitrogen and oxygen atoms in total. The maximum absolute atomic E-state index is 13.5. The largest absolute Gasteiger partial charge is 0.507 e. The highest BCUT2D eigenvalue weighted by molar-refractivity contribution is 6.51. The first-order valence-electron chi connectivity index (χ1n) is 12.4. The molecule has 0 aliphatic carbocycles. The summed E-state index contributed by atoms with van der Waals surface area (Å²) in [5.74, 6) is -0.198. The number of rotatable bonds is 9. The van der Waals surface area contributed by atoms with Crippen LogP contribution in [0.1, 0.15) is 43.0 Å². The van der Waals surface area contributed by atoms with Crippen molar-refractivity contribution < 1.29 is 28.9 Å². The van der Waals surface area contributed by atoms with Crippen molar-refractivity contribution >= 4 is 34.7 Å². The molecule has 3 aromatic rings. The summed E-state index contributed by atoms with van der Waals surface area (Å²) >= 11 is 6.24. The number of amides is 1. The number of ketones is 1. The van der Waals surface area contributed by atoms with E-state index >= 15 is 0 Å². The fraction of sp³-hybridized carbons (Fsp3) is 0.267. The Kier molecular flexibility index (Phi) is 8.27. The zero-order valence-corrected chi connectivity index (χ0v) is 22.5. The molecule has 1 amide bonds. The van der Waals surface area contributed by atoms with Crippen LogP contribution in [0.2, 0.25) is 5.02 Å². The fourth-order valence-electron chi connectivity index (χ4n) is 4.50. The number of aryl methyl sites for hydroxylation is 1. The van der Waals surface area contributed by atoms with Gasteiger partial charge in [0, 0.05) is 16.3 Å². The number of benzene rings is 3. The summed E-state index contributed by atoms with van der Waals surface area (Å²) in [5.41, 5.74) is 2.15. The van der Waals surface area contributed by atoms with Gasteiger partial charge in [0.2, 0.25) is 0 Å².